The van der Waals surface area contributed by atoms with Gasteiger partial charge in [0.05, 0.1) is 12.6 Å². The fourth-order valence-electron chi connectivity index (χ4n) is 2.28. The fourth-order valence-corrected chi connectivity index (χ4v) is 2.28. The van der Waals surface area contributed by atoms with Crippen LogP contribution >= 0.6 is 0 Å². The van der Waals surface area contributed by atoms with Crippen LogP contribution in [-0.4, -0.2) is 25.1 Å². The molecule has 1 aliphatic heterocycles. The number of ether oxygens (including phenoxy) is 1. The molecule has 1 amide bonds. The molecule has 104 valence electrons. The van der Waals surface area contributed by atoms with E-state index in [1.54, 1.807) is 0 Å². The van der Waals surface area contributed by atoms with Crippen LogP contribution in [0.2, 0.25) is 0 Å². The summed E-state index contributed by atoms with van der Waals surface area (Å²) in [5, 5.41) is 6.27. The van der Waals surface area contributed by atoms with E-state index in [9.17, 15) is 4.79 Å². The predicted octanol–water partition coefficient (Wildman–Crippen LogP) is 2.30. The highest BCUT2D eigenvalue weighted by molar-refractivity contribution is 5.95. The van der Waals surface area contributed by atoms with E-state index in [0.717, 1.165) is 37.1 Å². The van der Waals surface area contributed by atoms with Crippen LogP contribution in [0.15, 0.2) is 24.3 Å². The second-order valence-corrected chi connectivity index (χ2v) is 4.79. The minimum atomic E-state index is -0.0612. The van der Waals surface area contributed by atoms with Gasteiger partial charge in [0.25, 0.3) is 0 Å². The zero-order chi connectivity index (χ0) is 13.5. The smallest absolute Gasteiger partial charge is 0.241 e. The Morgan fingerprint density at radius 1 is 1.42 bits per heavy atom. The molecule has 2 N–H and O–H groups in total. The summed E-state index contributed by atoms with van der Waals surface area (Å²) in [7, 11) is 0. The van der Waals surface area contributed by atoms with Crippen molar-refractivity contribution in [3.63, 3.8) is 0 Å². The van der Waals surface area contributed by atoms with Gasteiger partial charge < -0.3 is 15.4 Å². The van der Waals surface area contributed by atoms with Gasteiger partial charge in [-0.15, -0.1) is 0 Å². The number of para-hydroxylation sites is 1. The maximum atomic E-state index is 12.2. The Morgan fingerprint density at radius 3 is 3.00 bits per heavy atom. The molecule has 1 atom stereocenters. The van der Waals surface area contributed by atoms with E-state index in [-0.39, 0.29) is 11.9 Å². The molecule has 0 aromatic heterocycles. The van der Waals surface area contributed by atoms with Crippen LogP contribution in [0, 0.1) is 0 Å². The summed E-state index contributed by atoms with van der Waals surface area (Å²) in [4.78, 5) is 12.2. The summed E-state index contributed by atoms with van der Waals surface area (Å²) < 4.78 is 5.42. The van der Waals surface area contributed by atoms with Crippen molar-refractivity contribution in [2.24, 2.45) is 0 Å². The van der Waals surface area contributed by atoms with Crippen LogP contribution in [0.3, 0.4) is 0 Å². The fraction of sp³-hybridized carbons (Fsp3) is 0.533. The summed E-state index contributed by atoms with van der Waals surface area (Å²) >= 11 is 0. The van der Waals surface area contributed by atoms with Gasteiger partial charge in [0, 0.05) is 17.9 Å². The highest BCUT2D eigenvalue weighted by Crippen LogP contribution is 2.17. The molecule has 0 saturated carbocycles. The van der Waals surface area contributed by atoms with E-state index in [2.05, 4.69) is 10.6 Å². The molecule has 1 aromatic rings. The Hall–Kier alpha value is -1.39. The Bertz CT molecular complexity index is 414. The second-order valence-electron chi connectivity index (χ2n) is 4.79. The first kappa shape index (κ1) is 14.0. The summed E-state index contributed by atoms with van der Waals surface area (Å²) in [6.07, 6.45) is 3.19. The van der Waals surface area contributed by atoms with E-state index in [0.29, 0.717) is 13.2 Å². The maximum Gasteiger partial charge on any atom is 0.241 e. The minimum absolute atomic E-state index is 0.0589. The lowest BCUT2D eigenvalue weighted by molar-refractivity contribution is -0.118. The third-order valence-electron chi connectivity index (χ3n) is 3.36. The van der Waals surface area contributed by atoms with E-state index in [1.807, 2.05) is 31.2 Å². The lowest BCUT2D eigenvalue weighted by atomic mass is 10.0. The zero-order valence-corrected chi connectivity index (χ0v) is 11.4. The van der Waals surface area contributed by atoms with Gasteiger partial charge in [-0.2, -0.15) is 0 Å². The van der Waals surface area contributed by atoms with E-state index in [4.69, 9.17) is 4.74 Å². The summed E-state index contributed by atoms with van der Waals surface area (Å²) in [6.45, 7) is 4.10. The van der Waals surface area contributed by atoms with Gasteiger partial charge in [0.2, 0.25) is 5.91 Å². The summed E-state index contributed by atoms with van der Waals surface area (Å²) in [5.41, 5.74) is 1.88. The van der Waals surface area contributed by atoms with Crippen molar-refractivity contribution in [2.45, 2.75) is 38.8 Å². The normalized spacial score (nSPS) is 19.1. The summed E-state index contributed by atoms with van der Waals surface area (Å²) in [6, 6.07) is 7.74. The van der Waals surface area contributed by atoms with Gasteiger partial charge in [0.15, 0.2) is 0 Å². The number of hydrogen-bond acceptors (Lipinski definition) is 3. The van der Waals surface area contributed by atoms with Gasteiger partial charge in [-0.25, -0.2) is 0 Å². The SMILES string of the molecule is CCOCc1ccccc1NC(=O)[C@@H]1CCCCN1. The Kier molecular flexibility index (Phi) is 5.36. The van der Waals surface area contributed by atoms with Crippen molar-refractivity contribution in [2.75, 3.05) is 18.5 Å². The molecular formula is C15H22N2O2. The lowest BCUT2D eigenvalue weighted by Crippen LogP contribution is -2.43. The number of piperidine rings is 1. The van der Waals surface area contributed by atoms with Gasteiger partial charge in [-0.05, 0) is 32.4 Å². The molecule has 0 spiro atoms. The first-order chi connectivity index (χ1) is 9.31. The topological polar surface area (TPSA) is 50.4 Å². The number of nitrogens with one attached hydrogen (secondary N) is 2. The number of carbonyl (C=O) groups is 1. The predicted molar refractivity (Wildman–Crippen MR) is 76.0 cm³/mol. The molecule has 0 bridgehead atoms. The standard InChI is InChI=1S/C15H22N2O2/c1-2-19-11-12-7-3-4-8-13(12)17-15(18)14-9-5-6-10-16-14/h3-4,7-8,14,16H,2,5-6,9-11H2,1H3,(H,17,18)/t14-/m0/s1. The van der Waals surface area contributed by atoms with Crippen LogP contribution in [0.25, 0.3) is 0 Å². The first-order valence-electron chi connectivity index (χ1n) is 7.01. The molecule has 0 unspecified atom stereocenters. The molecule has 0 radical (unpaired) electrons. The van der Waals surface area contributed by atoms with E-state index < -0.39 is 0 Å². The van der Waals surface area contributed by atoms with Gasteiger partial charge in [-0.1, -0.05) is 24.6 Å². The van der Waals surface area contributed by atoms with Gasteiger partial charge in [0.1, 0.15) is 0 Å². The van der Waals surface area contributed by atoms with Crippen molar-refractivity contribution in [1.29, 1.82) is 0 Å². The number of hydrogen-bond donors (Lipinski definition) is 2. The van der Waals surface area contributed by atoms with Crippen molar-refractivity contribution in [3.8, 4) is 0 Å². The quantitative estimate of drug-likeness (QED) is 0.856. The van der Waals surface area contributed by atoms with Crippen molar-refractivity contribution in [3.05, 3.63) is 29.8 Å². The Morgan fingerprint density at radius 2 is 2.26 bits per heavy atom. The van der Waals surface area contributed by atoms with Crippen molar-refractivity contribution >= 4 is 11.6 Å². The molecule has 1 fully saturated rings. The maximum absolute atomic E-state index is 12.2. The molecular weight excluding hydrogens is 240 g/mol. The first-order valence-corrected chi connectivity index (χ1v) is 7.01. The molecule has 2 rings (SSSR count). The monoisotopic (exact) mass is 262 g/mol. The van der Waals surface area contributed by atoms with Crippen LogP contribution in [0.5, 0.6) is 0 Å². The van der Waals surface area contributed by atoms with E-state index >= 15 is 0 Å². The molecule has 1 aromatic carbocycles. The summed E-state index contributed by atoms with van der Waals surface area (Å²) in [5.74, 6) is 0.0589. The third-order valence-corrected chi connectivity index (χ3v) is 3.36. The number of carbonyl (C=O) groups excluding carboxylic acids is 1. The van der Waals surface area contributed by atoms with Crippen LogP contribution in [-0.2, 0) is 16.1 Å². The average Bonchev–Trinajstić information content (AvgIpc) is 2.47. The number of amides is 1. The number of benzene rings is 1. The van der Waals surface area contributed by atoms with Crippen molar-refractivity contribution in [1.82, 2.24) is 5.32 Å². The van der Waals surface area contributed by atoms with Crippen LogP contribution < -0.4 is 10.6 Å². The van der Waals surface area contributed by atoms with Crippen LogP contribution in [0.4, 0.5) is 5.69 Å². The highest BCUT2D eigenvalue weighted by Gasteiger charge is 2.20. The largest absolute Gasteiger partial charge is 0.377 e. The van der Waals surface area contributed by atoms with E-state index in [1.165, 1.54) is 0 Å². The third kappa shape index (κ3) is 4.04. The molecule has 1 aliphatic rings. The van der Waals surface area contributed by atoms with Gasteiger partial charge in [-0.3, -0.25) is 4.79 Å². The zero-order valence-electron chi connectivity index (χ0n) is 11.4. The average molecular weight is 262 g/mol. The molecule has 1 heterocycles. The van der Waals surface area contributed by atoms with Crippen molar-refractivity contribution < 1.29 is 9.53 Å². The highest BCUT2D eigenvalue weighted by atomic mass is 16.5. The minimum Gasteiger partial charge on any atom is -0.377 e. The molecule has 19 heavy (non-hydrogen) atoms. The molecule has 4 heteroatoms. The lowest BCUT2D eigenvalue weighted by Gasteiger charge is -2.23. The number of rotatable bonds is 5. The second kappa shape index (κ2) is 7.26. The molecule has 1 saturated heterocycles. The Labute approximate surface area is 114 Å². The van der Waals surface area contributed by atoms with Crippen LogP contribution in [0.1, 0.15) is 31.7 Å². The molecule has 0 aliphatic carbocycles. The molecule has 4 nitrogen and oxygen atoms in total. The van der Waals surface area contributed by atoms with Gasteiger partial charge >= 0.3 is 0 Å². The Balaban J connectivity index is 1.99. The number of anilines is 1.